The molecule has 0 aliphatic rings. The highest BCUT2D eigenvalue weighted by Crippen LogP contribution is 2.12. The van der Waals surface area contributed by atoms with Crippen LogP contribution in [0, 0.1) is 13.8 Å². The summed E-state index contributed by atoms with van der Waals surface area (Å²) in [5, 5.41) is 0. The first-order valence-corrected chi connectivity index (χ1v) is 3.69. The monoisotopic (exact) mass is 148 g/mol. The van der Waals surface area contributed by atoms with Crippen molar-refractivity contribution in [3.8, 4) is 0 Å². The van der Waals surface area contributed by atoms with Crippen LogP contribution in [-0.4, -0.2) is 9.97 Å². The van der Waals surface area contributed by atoms with Crippen molar-refractivity contribution in [2.24, 2.45) is 0 Å². The smallest absolute Gasteiger partial charge is 0.104 e. The molecular formula is C9H12N2. The molecule has 0 spiro atoms. The molecule has 58 valence electrons. The highest BCUT2D eigenvalue weighted by molar-refractivity contribution is 5.75. The van der Waals surface area contributed by atoms with Crippen molar-refractivity contribution in [2.45, 2.75) is 13.8 Å². The van der Waals surface area contributed by atoms with Crippen LogP contribution in [0.2, 0.25) is 0 Å². The summed E-state index contributed by atoms with van der Waals surface area (Å²) in [6.45, 7) is 4.05. The summed E-state index contributed by atoms with van der Waals surface area (Å²) in [7, 11) is 0. The van der Waals surface area contributed by atoms with Gasteiger partial charge in [0.1, 0.15) is 5.82 Å². The Morgan fingerprint density at radius 3 is 3.00 bits per heavy atom. The van der Waals surface area contributed by atoms with Crippen LogP contribution in [0.15, 0.2) is 18.2 Å². The zero-order chi connectivity index (χ0) is 7.84. The summed E-state index contributed by atoms with van der Waals surface area (Å²) < 4.78 is 0. The van der Waals surface area contributed by atoms with Gasteiger partial charge in [-0.15, -0.1) is 0 Å². The first kappa shape index (κ1) is 6.40. The van der Waals surface area contributed by atoms with Gasteiger partial charge in [-0.3, -0.25) is 0 Å². The number of rotatable bonds is 0. The van der Waals surface area contributed by atoms with E-state index >= 15 is 0 Å². The third-order valence-electron chi connectivity index (χ3n) is 1.76. The van der Waals surface area contributed by atoms with Gasteiger partial charge in [0.2, 0.25) is 0 Å². The molecule has 0 saturated heterocycles. The van der Waals surface area contributed by atoms with Crippen LogP contribution >= 0.6 is 0 Å². The van der Waals surface area contributed by atoms with E-state index in [0.29, 0.717) is 0 Å². The highest BCUT2D eigenvalue weighted by Gasteiger charge is 1.96. The van der Waals surface area contributed by atoms with Crippen molar-refractivity contribution in [3.63, 3.8) is 0 Å². The molecule has 0 aliphatic heterocycles. The van der Waals surface area contributed by atoms with E-state index in [0.717, 1.165) is 16.9 Å². The highest BCUT2D eigenvalue weighted by atomic mass is 14.9. The number of hydrogen-bond acceptors (Lipinski definition) is 1. The van der Waals surface area contributed by atoms with Gasteiger partial charge >= 0.3 is 0 Å². The second kappa shape index (κ2) is 2.09. The van der Waals surface area contributed by atoms with Crippen LogP contribution in [0.4, 0.5) is 0 Å². The van der Waals surface area contributed by atoms with E-state index in [1.54, 1.807) is 0 Å². The molecule has 0 saturated carbocycles. The number of hydrogen-bond donors (Lipinski definition) is 1. The van der Waals surface area contributed by atoms with E-state index in [-0.39, 0.29) is 1.43 Å². The molecular weight excluding hydrogens is 136 g/mol. The second-order valence-electron chi connectivity index (χ2n) is 2.84. The molecule has 0 radical (unpaired) electrons. The van der Waals surface area contributed by atoms with Gasteiger partial charge in [-0.1, -0.05) is 6.07 Å². The fourth-order valence-electron chi connectivity index (χ4n) is 1.25. The average molecular weight is 148 g/mol. The maximum Gasteiger partial charge on any atom is 0.104 e. The van der Waals surface area contributed by atoms with Crippen molar-refractivity contribution in [2.75, 3.05) is 0 Å². The van der Waals surface area contributed by atoms with Crippen molar-refractivity contribution < 1.29 is 1.43 Å². The zero-order valence-electron chi connectivity index (χ0n) is 6.68. The number of fused-ring (bicyclic) bond motifs is 1. The summed E-state index contributed by atoms with van der Waals surface area (Å²) >= 11 is 0. The first-order valence-electron chi connectivity index (χ1n) is 3.69. The van der Waals surface area contributed by atoms with Gasteiger partial charge in [-0.25, -0.2) is 4.98 Å². The molecule has 1 aromatic heterocycles. The van der Waals surface area contributed by atoms with Crippen molar-refractivity contribution in [1.82, 2.24) is 9.97 Å². The van der Waals surface area contributed by atoms with Gasteiger partial charge in [-0.05, 0) is 31.5 Å². The molecule has 0 atom stereocenters. The van der Waals surface area contributed by atoms with Gasteiger partial charge in [0.25, 0.3) is 0 Å². The number of nitrogens with one attached hydrogen (secondary N) is 1. The normalized spacial score (nSPS) is 10.7. The maximum atomic E-state index is 4.30. The largest absolute Gasteiger partial charge is 0.342 e. The third kappa shape index (κ3) is 1.00. The lowest BCUT2D eigenvalue weighted by Crippen LogP contribution is -1.71. The van der Waals surface area contributed by atoms with Crippen molar-refractivity contribution in [1.29, 1.82) is 0 Å². The molecule has 0 fully saturated rings. The van der Waals surface area contributed by atoms with Crippen LogP contribution in [0.3, 0.4) is 0 Å². The lowest BCUT2D eigenvalue weighted by molar-refractivity contribution is 1.17. The van der Waals surface area contributed by atoms with Gasteiger partial charge in [0, 0.05) is 1.43 Å². The molecule has 11 heavy (non-hydrogen) atoms. The van der Waals surface area contributed by atoms with Crippen LogP contribution in [-0.2, 0) is 0 Å². The Kier molecular flexibility index (Phi) is 1.22. The summed E-state index contributed by atoms with van der Waals surface area (Å²) in [6.07, 6.45) is 0. The van der Waals surface area contributed by atoms with Crippen molar-refractivity contribution >= 4 is 11.0 Å². The van der Waals surface area contributed by atoms with E-state index in [4.69, 9.17) is 0 Å². The second-order valence-corrected chi connectivity index (χ2v) is 2.84. The Hall–Kier alpha value is -1.31. The van der Waals surface area contributed by atoms with E-state index in [2.05, 4.69) is 29.0 Å². The number of aromatic amines is 1. The molecule has 0 amide bonds. The van der Waals surface area contributed by atoms with E-state index in [1.165, 1.54) is 5.56 Å². The molecule has 1 heterocycles. The first-order chi connectivity index (χ1) is 5.25. The molecule has 2 heteroatoms. The summed E-state index contributed by atoms with van der Waals surface area (Å²) in [6, 6.07) is 6.21. The molecule has 0 aliphatic carbocycles. The van der Waals surface area contributed by atoms with Gasteiger partial charge in [0.15, 0.2) is 0 Å². The Morgan fingerprint density at radius 1 is 1.36 bits per heavy atom. The average Bonchev–Trinajstić information content (AvgIpc) is 2.27. The quantitative estimate of drug-likeness (QED) is 0.610. The van der Waals surface area contributed by atoms with E-state index in [9.17, 15) is 0 Å². The SMILES string of the molecule is Cc1ccc2nc(C)[nH]c2c1.[HH]. The molecule has 1 aromatic carbocycles. The number of nitrogens with zero attached hydrogens (tertiary/aromatic N) is 1. The Labute approximate surface area is 66.8 Å². The lowest BCUT2D eigenvalue weighted by atomic mass is 10.2. The Bertz CT molecular complexity index is 392. The van der Waals surface area contributed by atoms with E-state index < -0.39 is 0 Å². The fourth-order valence-corrected chi connectivity index (χ4v) is 1.25. The standard InChI is InChI=1S/C9H10N2.H2/c1-6-3-4-8-9(5-6)11-7(2)10-8;/h3-5H,1-2H3,(H,10,11);1H. The zero-order valence-corrected chi connectivity index (χ0v) is 6.68. The molecule has 2 nitrogen and oxygen atoms in total. The van der Waals surface area contributed by atoms with Gasteiger partial charge in [0.05, 0.1) is 11.0 Å². The summed E-state index contributed by atoms with van der Waals surface area (Å²) in [4.78, 5) is 7.49. The molecule has 1 N–H and O–H groups in total. The third-order valence-corrected chi connectivity index (χ3v) is 1.76. The minimum Gasteiger partial charge on any atom is -0.342 e. The van der Waals surface area contributed by atoms with Crippen LogP contribution in [0.5, 0.6) is 0 Å². The lowest BCUT2D eigenvalue weighted by Gasteiger charge is -1.89. The fraction of sp³-hybridized carbons (Fsp3) is 0.222. The number of aryl methyl sites for hydroxylation is 2. The molecule has 2 rings (SSSR count). The minimum absolute atomic E-state index is 0. The number of H-pyrrole nitrogens is 1. The number of imidazole rings is 1. The predicted molar refractivity (Wildman–Crippen MR) is 47.7 cm³/mol. The predicted octanol–water partition coefficient (Wildman–Crippen LogP) is 2.43. The maximum absolute atomic E-state index is 4.30. The number of benzene rings is 1. The van der Waals surface area contributed by atoms with Crippen LogP contribution in [0.1, 0.15) is 12.8 Å². The molecule has 2 aromatic rings. The van der Waals surface area contributed by atoms with Crippen LogP contribution < -0.4 is 0 Å². The van der Waals surface area contributed by atoms with Gasteiger partial charge in [-0.2, -0.15) is 0 Å². The summed E-state index contributed by atoms with van der Waals surface area (Å²) in [5.74, 6) is 0.977. The number of aromatic nitrogens is 2. The van der Waals surface area contributed by atoms with E-state index in [1.807, 2.05) is 13.0 Å². The Balaban J connectivity index is 0.000000720. The van der Waals surface area contributed by atoms with Crippen molar-refractivity contribution in [3.05, 3.63) is 29.6 Å². The Morgan fingerprint density at radius 2 is 2.18 bits per heavy atom. The van der Waals surface area contributed by atoms with Crippen LogP contribution in [0.25, 0.3) is 11.0 Å². The topological polar surface area (TPSA) is 28.7 Å². The minimum atomic E-state index is 0. The molecule has 0 unspecified atom stereocenters. The summed E-state index contributed by atoms with van der Waals surface area (Å²) in [5.41, 5.74) is 3.44. The molecule has 0 bridgehead atoms. The van der Waals surface area contributed by atoms with Gasteiger partial charge < -0.3 is 4.98 Å².